The largest absolute Gasteiger partial charge is 0.378 e. The molecular weight excluding hydrogens is 408 g/mol. The summed E-state index contributed by atoms with van der Waals surface area (Å²) in [5.41, 5.74) is 3.00. The smallest absolute Gasteiger partial charge is 0.254 e. The summed E-state index contributed by atoms with van der Waals surface area (Å²) in [5.74, 6) is 1.93. The number of piperidine rings is 1. The molecule has 0 bridgehead atoms. The molecule has 2 fully saturated rings. The molecular formula is C24H32N4O2S. The fraction of sp³-hybridized carbons (Fsp3) is 0.542. The number of thioether (sulfide) groups is 1. The molecule has 0 aliphatic carbocycles. The third-order valence-electron chi connectivity index (χ3n) is 6.07. The van der Waals surface area contributed by atoms with Crippen LogP contribution in [0.2, 0.25) is 0 Å². The normalized spacial score (nSPS) is 19.5. The number of hydrogen-bond acceptors (Lipinski definition) is 6. The highest BCUT2D eigenvalue weighted by atomic mass is 32.2. The molecule has 1 aromatic carbocycles. The van der Waals surface area contributed by atoms with Gasteiger partial charge in [0.1, 0.15) is 5.82 Å². The first kappa shape index (κ1) is 22.1. The number of aryl methyl sites for hydroxylation is 1. The summed E-state index contributed by atoms with van der Waals surface area (Å²) in [6.07, 6.45) is 4.66. The van der Waals surface area contributed by atoms with Crippen LogP contribution in [0.15, 0.2) is 35.5 Å². The van der Waals surface area contributed by atoms with Crippen molar-refractivity contribution >= 4 is 23.5 Å². The second-order valence-corrected chi connectivity index (χ2v) is 9.22. The Bertz CT molecular complexity index is 884. The molecule has 3 heterocycles. The van der Waals surface area contributed by atoms with Gasteiger partial charge in [-0.1, -0.05) is 30.8 Å². The van der Waals surface area contributed by atoms with Crippen LogP contribution in [0.1, 0.15) is 54.7 Å². The quantitative estimate of drug-likeness (QED) is 0.496. The van der Waals surface area contributed by atoms with E-state index in [-0.39, 0.29) is 5.91 Å². The van der Waals surface area contributed by atoms with Crippen LogP contribution >= 0.6 is 11.8 Å². The van der Waals surface area contributed by atoms with Gasteiger partial charge in [-0.15, -0.1) is 0 Å². The Morgan fingerprint density at radius 1 is 1.13 bits per heavy atom. The van der Waals surface area contributed by atoms with Crippen molar-refractivity contribution in [3.05, 3.63) is 47.2 Å². The Morgan fingerprint density at radius 2 is 1.90 bits per heavy atom. The monoisotopic (exact) mass is 440 g/mol. The molecule has 166 valence electrons. The maximum Gasteiger partial charge on any atom is 0.254 e. The molecule has 31 heavy (non-hydrogen) atoms. The molecule has 2 aliphatic rings. The number of rotatable bonds is 6. The number of benzene rings is 1. The molecule has 2 aromatic rings. The zero-order valence-corrected chi connectivity index (χ0v) is 19.4. The number of aromatic nitrogens is 2. The van der Waals surface area contributed by atoms with Gasteiger partial charge in [0.25, 0.3) is 5.91 Å². The number of carbonyl (C=O) groups excluding carboxylic acids is 1. The fourth-order valence-electron chi connectivity index (χ4n) is 4.13. The summed E-state index contributed by atoms with van der Waals surface area (Å²) in [6, 6.07) is 10.6. The van der Waals surface area contributed by atoms with E-state index in [1.807, 2.05) is 29.2 Å². The maximum absolute atomic E-state index is 12.6. The summed E-state index contributed by atoms with van der Waals surface area (Å²) in [5, 5.41) is 0.834. The van der Waals surface area contributed by atoms with Gasteiger partial charge >= 0.3 is 0 Å². The standard InChI is InChI=1S/C24H32N4O2S/c1-3-21-16-22(28-11-5-4-6-18(28)2)26-24(25-21)31-17-19-7-9-20(10-8-19)23(29)27-12-14-30-15-13-27/h7-10,16,18H,3-6,11-15,17H2,1-2H3. The SMILES string of the molecule is CCc1cc(N2CCCCC2C)nc(SCc2ccc(C(=O)N3CCOCC3)cc2)n1. The molecule has 7 heteroatoms. The number of morpholine rings is 1. The molecule has 0 N–H and O–H groups in total. The lowest BCUT2D eigenvalue weighted by Crippen LogP contribution is -2.40. The van der Waals surface area contributed by atoms with Crippen LogP contribution in [0, 0.1) is 0 Å². The predicted molar refractivity (Wildman–Crippen MR) is 125 cm³/mol. The van der Waals surface area contributed by atoms with Gasteiger partial charge in [0.2, 0.25) is 0 Å². The number of amides is 1. The summed E-state index contributed by atoms with van der Waals surface area (Å²) in [4.78, 5) is 26.5. The van der Waals surface area contributed by atoms with Gasteiger partial charge in [0.15, 0.2) is 5.16 Å². The Labute approximate surface area is 189 Å². The van der Waals surface area contributed by atoms with Crippen molar-refractivity contribution in [2.75, 3.05) is 37.7 Å². The molecule has 6 nitrogen and oxygen atoms in total. The van der Waals surface area contributed by atoms with Crippen LogP contribution in [0.5, 0.6) is 0 Å². The van der Waals surface area contributed by atoms with Crippen molar-refractivity contribution < 1.29 is 9.53 Å². The Hall–Kier alpha value is -2.12. The first-order chi connectivity index (χ1) is 15.1. The summed E-state index contributed by atoms with van der Waals surface area (Å²) < 4.78 is 5.34. The zero-order chi connectivity index (χ0) is 21.6. The van der Waals surface area contributed by atoms with Gasteiger partial charge in [-0.3, -0.25) is 4.79 Å². The van der Waals surface area contributed by atoms with Gasteiger partial charge in [-0.2, -0.15) is 0 Å². The van der Waals surface area contributed by atoms with Crippen LogP contribution in [-0.2, 0) is 16.9 Å². The van der Waals surface area contributed by atoms with Crippen LogP contribution in [-0.4, -0.2) is 59.7 Å². The second kappa shape index (κ2) is 10.5. The molecule has 2 saturated heterocycles. The van der Waals surface area contributed by atoms with E-state index < -0.39 is 0 Å². The topological polar surface area (TPSA) is 58.6 Å². The van der Waals surface area contributed by atoms with Crippen molar-refractivity contribution in [3.63, 3.8) is 0 Å². The van der Waals surface area contributed by atoms with Crippen molar-refractivity contribution in [2.45, 2.75) is 56.5 Å². The highest BCUT2D eigenvalue weighted by Crippen LogP contribution is 2.27. The number of carbonyl (C=O) groups is 1. The molecule has 1 amide bonds. The van der Waals surface area contributed by atoms with E-state index >= 15 is 0 Å². The lowest BCUT2D eigenvalue weighted by atomic mass is 10.0. The second-order valence-electron chi connectivity index (χ2n) is 8.28. The Kier molecular flexibility index (Phi) is 7.45. The molecule has 1 unspecified atom stereocenters. The van der Waals surface area contributed by atoms with Crippen LogP contribution in [0.3, 0.4) is 0 Å². The van der Waals surface area contributed by atoms with E-state index in [1.165, 1.54) is 24.8 Å². The Morgan fingerprint density at radius 3 is 2.61 bits per heavy atom. The van der Waals surface area contributed by atoms with Crippen LogP contribution in [0.4, 0.5) is 5.82 Å². The lowest BCUT2D eigenvalue weighted by molar-refractivity contribution is 0.0303. The molecule has 1 atom stereocenters. The van der Waals surface area contributed by atoms with E-state index in [0.29, 0.717) is 32.3 Å². The lowest BCUT2D eigenvalue weighted by Gasteiger charge is -2.34. The van der Waals surface area contributed by atoms with Crippen LogP contribution < -0.4 is 4.90 Å². The number of anilines is 1. The third-order valence-corrected chi connectivity index (χ3v) is 6.99. The van der Waals surface area contributed by atoms with E-state index in [0.717, 1.165) is 41.0 Å². The van der Waals surface area contributed by atoms with Gasteiger partial charge in [0, 0.05) is 48.8 Å². The van der Waals surface area contributed by atoms with E-state index in [4.69, 9.17) is 14.7 Å². The van der Waals surface area contributed by atoms with Crippen molar-refractivity contribution in [2.24, 2.45) is 0 Å². The number of nitrogens with zero attached hydrogens (tertiary/aromatic N) is 4. The van der Waals surface area contributed by atoms with Crippen molar-refractivity contribution in [3.8, 4) is 0 Å². The van der Waals surface area contributed by atoms with E-state index in [1.54, 1.807) is 11.8 Å². The first-order valence-electron chi connectivity index (χ1n) is 11.4. The summed E-state index contributed by atoms with van der Waals surface area (Å²) in [7, 11) is 0. The summed E-state index contributed by atoms with van der Waals surface area (Å²) in [6.45, 7) is 8.08. The molecule has 0 radical (unpaired) electrons. The minimum Gasteiger partial charge on any atom is -0.378 e. The van der Waals surface area contributed by atoms with Gasteiger partial charge in [0.05, 0.1) is 13.2 Å². The average molecular weight is 441 g/mol. The minimum atomic E-state index is 0.0850. The molecule has 0 spiro atoms. The third kappa shape index (κ3) is 5.57. The number of ether oxygens (including phenoxy) is 1. The Balaban J connectivity index is 1.41. The van der Waals surface area contributed by atoms with Gasteiger partial charge in [-0.25, -0.2) is 9.97 Å². The highest BCUT2D eigenvalue weighted by Gasteiger charge is 2.21. The fourth-order valence-corrected chi connectivity index (χ4v) is 4.96. The van der Waals surface area contributed by atoms with Crippen molar-refractivity contribution in [1.29, 1.82) is 0 Å². The average Bonchev–Trinajstić information content (AvgIpc) is 2.83. The van der Waals surface area contributed by atoms with E-state index in [9.17, 15) is 4.79 Å². The highest BCUT2D eigenvalue weighted by molar-refractivity contribution is 7.98. The number of hydrogen-bond donors (Lipinski definition) is 0. The van der Waals surface area contributed by atoms with Gasteiger partial charge in [-0.05, 0) is 50.3 Å². The zero-order valence-electron chi connectivity index (χ0n) is 18.5. The minimum absolute atomic E-state index is 0.0850. The van der Waals surface area contributed by atoms with Crippen molar-refractivity contribution in [1.82, 2.24) is 14.9 Å². The first-order valence-corrected chi connectivity index (χ1v) is 12.4. The summed E-state index contributed by atoms with van der Waals surface area (Å²) >= 11 is 1.66. The molecule has 0 saturated carbocycles. The maximum atomic E-state index is 12.6. The molecule has 4 rings (SSSR count). The van der Waals surface area contributed by atoms with Gasteiger partial charge < -0.3 is 14.5 Å². The molecule has 1 aromatic heterocycles. The van der Waals surface area contributed by atoms with E-state index in [2.05, 4.69) is 24.8 Å². The predicted octanol–water partition coefficient (Wildman–Crippen LogP) is 4.18. The molecule has 2 aliphatic heterocycles. The van der Waals surface area contributed by atoms with Crippen LogP contribution in [0.25, 0.3) is 0 Å².